The van der Waals surface area contributed by atoms with Gasteiger partial charge in [0.15, 0.2) is 0 Å². The summed E-state index contributed by atoms with van der Waals surface area (Å²) in [6.07, 6.45) is 0.972. The van der Waals surface area contributed by atoms with Gasteiger partial charge >= 0.3 is 0 Å². The van der Waals surface area contributed by atoms with Crippen molar-refractivity contribution in [2.24, 2.45) is 0 Å². The lowest BCUT2D eigenvalue weighted by Crippen LogP contribution is -2.48. The molecule has 152 valence electrons. The fraction of sp³-hybridized carbons (Fsp3) is 0.400. The minimum atomic E-state index is -0.138. The van der Waals surface area contributed by atoms with Crippen molar-refractivity contribution in [1.29, 1.82) is 0 Å². The molecule has 7 nitrogen and oxygen atoms in total. The van der Waals surface area contributed by atoms with Crippen molar-refractivity contribution in [2.75, 3.05) is 26.2 Å². The Morgan fingerprint density at radius 2 is 1.93 bits per heavy atom. The highest BCUT2D eigenvalue weighted by Gasteiger charge is 2.26. The van der Waals surface area contributed by atoms with E-state index in [0.717, 1.165) is 37.4 Å². The summed E-state index contributed by atoms with van der Waals surface area (Å²) < 4.78 is 1.62. The van der Waals surface area contributed by atoms with E-state index in [1.807, 2.05) is 30.0 Å². The highest BCUT2D eigenvalue weighted by Crippen LogP contribution is 2.20. The van der Waals surface area contributed by atoms with Crippen LogP contribution in [0.3, 0.4) is 0 Å². The summed E-state index contributed by atoms with van der Waals surface area (Å²) in [6.45, 7) is 7.71. The van der Waals surface area contributed by atoms with Gasteiger partial charge < -0.3 is 4.90 Å². The lowest BCUT2D eigenvalue weighted by molar-refractivity contribution is 0.0615. The topological polar surface area (TPSA) is 67.2 Å². The number of aryl methyl sites for hydroxylation is 2. The van der Waals surface area contributed by atoms with Crippen molar-refractivity contribution < 1.29 is 4.79 Å². The molecule has 3 aromatic rings. The molecule has 0 aliphatic carbocycles. The van der Waals surface area contributed by atoms with E-state index < -0.39 is 0 Å². The van der Waals surface area contributed by atoms with E-state index in [4.69, 9.17) is 11.6 Å². The van der Waals surface area contributed by atoms with Gasteiger partial charge in [-0.3, -0.25) is 9.69 Å². The van der Waals surface area contributed by atoms with E-state index in [2.05, 4.69) is 32.3 Å². The number of hydrogen-bond donors (Lipinski definition) is 0. The molecule has 3 heterocycles. The van der Waals surface area contributed by atoms with Crippen LogP contribution >= 0.6 is 22.9 Å². The van der Waals surface area contributed by atoms with Crippen molar-refractivity contribution in [3.63, 3.8) is 0 Å². The first-order valence-electron chi connectivity index (χ1n) is 9.68. The normalized spacial score (nSPS) is 15.1. The van der Waals surface area contributed by atoms with E-state index in [-0.39, 0.29) is 11.7 Å². The molecule has 29 heavy (non-hydrogen) atoms. The van der Waals surface area contributed by atoms with Gasteiger partial charge in [0.1, 0.15) is 5.82 Å². The van der Waals surface area contributed by atoms with Crippen LogP contribution in [0.25, 0.3) is 5.69 Å². The Morgan fingerprint density at radius 1 is 1.17 bits per heavy atom. The smallest absolute Gasteiger partial charge is 0.293 e. The van der Waals surface area contributed by atoms with E-state index in [1.54, 1.807) is 22.1 Å². The van der Waals surface area contributed by atoms with Crippen LogP contribution in [0, 0.1) is 6.92 Å². The molecule has 1 amide bonds. The number of aromatic nitrogens is 4. The Labute approximate surface area is 178 Å². The maximum Gasteiger partial charge on any atom is 0.293 e. The molecule has 0 saturated carbocycles. The van der Waals surface area contributed by atoms with Crippen LogP contribution in [0.1, 0.15) is 34.1 Å². The molecule has 2 aromatic heterocycles. The molecule has 1 aromatic carbocycles. The summed E-state index contributed by atoms with van der Waals surface area (Å²) in [5.41, 5.74) is 1.83. The monoisotopic (exact) mass is 430 g/mol. The average Bonchev–Trinajstić information content (AvgIpc) is 3.35. The minimum absolute atomic E-state index is 0.138. The van der Waals surface area contributed by atoms with Gasteiger partial charge in [0.25, 0.3) is 5.91 Å². The SMILES string of the molecule is CCc1nc(CN2CCN(C(=O)c3nc(C)n(-c4ccccc4Cl)n3)CC2)cs1. The van der Waals surface area contributed by atoms with Gasteiger partial charge in [-0.15, -0.1) is 16.4 Å². The molecule has 0 spiro atoms. The number of piperazine rings is 1. The number of rotatable bonds is 5. The Hall–Kier alpha value is -2.29. The number of hydrogen-bond acceptors (Lipinski definition) is 6. The number of benzene rings is 1. The zero-order valence-corrected chi connectivity index (χ0v) is 18.1. The van der Waals surface area contributed by atoms with Gasteiger partial charge in [0, 0.05) is 38.1 Å². The fourth-order valence-corrected chi connectivity index (χ4v) is 4.35. The van der Waals surface area contributed by atoms with Gasteiger partial charge in [0.05, 0.1) is 21.4 Å². The Kier molecular flexibility index (Phi) is 5.94. The van der Waals surface area contributed by atoms with Crippen molar-refractivity contribution >= 4 is 28.8 Å². The lowest BCUT2D eigenvalue weighted by atomic mass is 10.3. The third-order valence-corrected chi connectivity index (χ3v) is 6.35. The van der Waals surface area contributed by atoms with Gasteiger partial charge in [-0.05, 0) is 25.5 Å². The third kappa shape index (κ3) is 4.34. The zero-order valence-electron chi connectivity index (χ0n) is 16.5. The van der Waals surface area contributed by atoms with Crippen LogP contribution in [-0.2, 0) is 13.0 Å². The number of carbonyl (C=O) groups is 1. The highest BCUT2D eigenvalue weighted by molar-refractivity contribution is 7.09. The second-order valence-electron chi connectivity index (χ2n) is 7.00. The molecule has 1 fully saturated rings. The Morgan fingerprint density at radius 3 is 2.62 bits per heavy atom. The maximum atomic E-state index is 12.9. The molecule has 1 saturated heterocycles. The average molecular weight is 431 g/mol. The quantitative estimate of drug-likeness (QED) is 0.621. The number of halogens is 1. The maximum absolute atomic E-state index is 12.9. The van der Waals surface area contributed by atoms with E-state index in [9.17, 15) is 4.79 Å². The van der Waals surface area contributed by atoms with Crippen molar-refractivity contribution in [2.45, 2.75) is 26.8 Å². The van der Waals surface area contributed by atoms with Gasteiger partial charge in [-0.25, -0.2) is 14.6 Å². The summed E-state index contributed by atoms with van der Waals surface area (Å²) in [7, 11) is 0. The lowest BCUT2D eigenvalue weighted by Gasteiger charge is -2.33. The minimum Gasteiger partial charge on any atom is -0.333 e. The standard InChI is InChI=1S/C20H23ClN6OS/c1-3-18-23-15(13-29-18)12-25-8-10-26(11-9-25)20(28)19-22-14(2)27(24-19)17-7-5-4-6-16(17)21/h4-7,13H,3,8-12H2,1-2H3. The van der Waals surface area contributed by atoms with Crippen molar-refractivity contribution in [1.82, 2.24) is 29.5 Å². The first kappa shape index (κ1) is 20.0. The second kappa shape index (κ2) is 8.61. The number of para-hydroxylation sites is 1. The predicted molar refractivity (Wildman–Crippen MR) is 114 cm³/mol. The van der Waals surface area contributed by atoms with Gasteiger partial charge in [0.2, 0.25) is 5.82 Å². The number of thiazole rings is 1. The Balaban J connectivity index is 1.40. The second-order valence-corrected chi connectivity index (χ2v) is 8.35. The molecule has 9 heteroatoms. The van der Waals surface area contributed by atoms with Crippen LogP contribution in [0.15, 0.2) is 29.6 Å². The predicted octanol–water partition coefficient (Wildman–Crippen LogP) is 3.21. The van der Waals surface area contributed by atoms with Crippen LogP contribution in [0.2, 0.25) is 5.02 Å². The van der Waals surface area contributed by atoms with Gasteiger partial charge in [-0.2, -0.15) is 0 Å². The van der Waals surface area contributed by atoms with Crippen molar-refractivity contribution in [3.8, 4) is 5.69 Å². The summed E-state index contributed by atoms with van der Waals surface area (Å²) in [4.78, 5) is 26.1. The molecule has 0 radical (unpaired) electrons. The number of carbonyl (C=O) groups excluding carboxylic acids is 1. The summed E-state index contributed by atoms with van der Waals surface area (Å²) in [5.74, 6) is 0.707. The molecule has 0 bridgehead atoms. The van der Waals surface area contributed by atoms with Crippen molar-refractivity contribution in [3.05, 3.63) is 57.0 Å². The first-order valence-corrected chi connectivity index (χ1v) is 10.9. The van der Waals surface area contributed by atoms with Crippen LogP contribution < -0.4 is 0 Å². The van der Waals surface area contributed by atoms with Crippen LogP contribution in [-0.4, -0.2) is 61.6 Å². The zero-order chi connectivity index (χ0) is 20.4. The van der Waals surface area contributed by atoms with Crippen LogP contribution in [0.4, 0.5) is 0 Å². The third-order valence-electron chi connectivity index (χ3n) is 4.99. The summed E-state index contributed by atoms with van der Waals surface area (Å²) >= 11 is 7.98. The molecular formula is C20H23ClN6OS. The van der Waals surface area contributed by atoms with Crippen LogP contribution in [0.5, 0.6) is 0 Å². The van der Waals surface area contributed by atoms with Gasteiger partial charge in [-0.1, -0.05) is 30.7 Å². The molecule has 4 rings (SSSR count). The summed E-state index contributed by atoms with van der Waals surface area (Å²) in [5, 5.41) is 8.29. The Bertz CT molecular complexity index is 1010. The first-order chi connectivity index (χ1) is 14.0. The highest BCUT2D eigenvalue weighted by atomic mass is 35.5. The molecule has 0 unspecified atom stereocenters. The molecule has 0 N–H and O–H groups in total. The fourth-order valence-electron chi connectivity index (χ4n) is 3.40. The van der Waals surface area contributed by atoms with E-state index in [1.165, 1.54) is 5.01 Å². The molecule has 1 aliphatic heterocycles. The number of nitrogens with zero attached hydrogens (tertiary/aromatic N) is 6. The van der Waals surface area contributed by atoms with E-state index >= 15 is 0 Å². The molecule has 0 atom stereocenters. The molecular weight excluding hydrogens is 408 g/mol. The van der Waals surface area contributed by atoms with E-state index in [0.29, 0.717) is 23.9 Å². The largest absolute Gasteiger partial charge is 0.333 e. The number of amides is 1. The molecule has 1 aliphatic rings. The summed E-state index contributed by atoms with van der Waals surface area (Å²) in [6, 6.07) is 7.40.